The van der Waals surface area contributed by atoms with Crippen LogP contribution in [0.3, 0.4) is 0 Å². The van der Waals surface area contributed by atoms with Gasteiger partial charge in [-0.1, -0.05) is 6.92 Å². The smallest absolute Gasteiger partial charge is 0.161 e. The Morgan fingerprint density at radius 1 is 1.50 bits per heavy atom. The summed E-state index contributed by atoms with van der Waals surface area (Å²) in [7, 11) is 1.50. The molecule has 4 heteroatoms. The van der Waals surface area contributed by atoms with E-state index in [1.165, 1.54) is 7.11 Å². The number of phenolic OH excluding ortho intramolecular Hbond substituents is 1. The third kappa shape index (κ3) is 3.24. The minimum atomic E-state index is -0.0696. The zero-order valence-corrected chi connectivity index (χ0v) is 9.55. The van der Waals surface area contributed by atoms with Crippen molar-refractivity contribution < 1.29 is 14.9 Å². The lowest BCUT2D eigenvalue weighted by molar-refractivity contribution is 0.264. The molecular weight excluding hydrogens is 206 g/mol. The van der Waals surface area contributed by atoms with E-state index in [-0.39, 0.29) is 18.4 Å². The average Bonchev–Trinajstić information content (AvgIpc) is 2.32. The molecule has 0 saturated heterocycles. The van der Waals surface area contributed by atoms with Crippen molar-refractivity contribution in [1.29, 1.82) is 0 Å². The van der Waals surface area contributed by atoms with Gasteiger partial charge in [-0.25, -0.2) is 0 Å². The van der Waals surface area contributed by atoms with Gasteiger partial charge in [0.15, 0.2) is 11.5 Å². The number of nitrogens with zero attached hydrogens (tertiary/aromatic N) is 1. The molecule has 0 bridgehead atoms. The fourth-order valence-corrected chi connectivity index (χ4v) is 1.25. The summed E-state index contributed by atoms with van der Waals surface area (Å²) in [4.78, 5) is 4.22. The first-order valence-electron chi connectivity index (χ1n) is 5.22. The highest BCUT2D eigenvalue weighted by Crippen LogP contribution is 2.25. The van der Waals surface area contributed by atoms with Gasteiger partial charge in [0.2, 0.25) is 0 Å². The molecular formula is C12H17NO3. The Hall–Kier alpha value is -1.55. The molecule has 88 valence electrons. The lowest BCUT2D eigenvalue weighted by atomic mass is 10.2. The summed E-state index contributed by atoms with van der Waals surface area (Å²) in [6.45, 7) is 2.01. The summed E-state index contributed by atoms with van der Waals surface area (Å²) in [5.41, 5.74) is 0.835. The molecule has 0 aliphatic rings. The molecule has 2 N–H and O–H groups in total. The van der Waals surface area contributed by atoms with E-state index in [4.69, 9.17) is 9.84 Å². The van der Waals surface area contributed by atoms with Crippen molar-refractivity contribution in [3.63, 3.8) is 0 Å². The van der Waals surface area contributed by atoms with Crippen LogP contribution in [-0.2, 0) is 0 Å². The second-order valence-corrected chi connectivity index (χ2v) is 3.45. The fourth-order valence-electron chi connectivity index (χ4n) is 1.25. The number of aromatic hydroxyl groups is 1. The first kappa shape index (κ1) is 12.5. The Bertz CT molecular complexity index is 359. The second kappa shape index (κ2) is 6.12. The van der Waals surface area contributed by atoms with Gasteiger partial charge in [-0.05, 0) is 30.2 Å². The molecule has 1 aromatic rings. The van der Waals surface area contributed by atoms with Gasteiger partial charge in [0.1, 0.15) is 0 Å². The molecule has 0 aliphatic carbocycles. The van der Waals surface area contributed by atoms with Crippen molar-refractivity contribution >= 4 is 6.21 Å². The average molecular weight is 223 g/mol. The number of ether oxygens (including phenoxy) is 1. The van der Waals surface area contributed by atoms with Gasteiger partial charge < -0.3 is 14.9 Å². The molecule has 0 fully saturated rings. The monoisotopic (exact) mass is 223 g/mol. The van der Waals surface area contributed by atoms with Gasteiger partial charge in [-0.3, -0.25) is 4.99 Å². The minimum Gasteiger partial charge on any atom is -0.504 e. The Kier molecular flexibility index (Phi) is 4.79. The van der Waals surface area contributed by atoms with Crippen molar-refractivity contribution in [3.05, 3.63) is 23.8 Å². The molecule has 0 saturated carbocycles. The zero-order valence-electron chi connectivity index (χ0n) is 9.55. The second-order valence-electron chi connectivity index (χ2n) is 3.45. The van der Waals surface area contributed by atoms with Crippen LogP contribution in [0.5, 0.6) is 11.5 Å². The van der Waals surface area contributed by atoms with Crippen molar-refractivity contribution in [2.45, 2.75) is 19.4 Å². The summed E-state index contributed by atoms with van der Waals surface area (Å²) in [6.07, 6.45) is 2.47. The van der Waals surface area contributed by atoms with Crippen LogP contribution >= 0.6 is 0 Å². The van der Waals surface area contributed by atoms with Crippen LogP contribution in [0.15, 0.2) is 23.2 Å². The quantitative estimate of drug-likeness (QED) is 0.745. The zero-order chi connectivity index (χ0) is 12.0. The van der Waals surface area contributed by atoms with Crippen molar-refractivity contribution in [2.24, 2.45) is 4.99 Å². The summed E-state index contributed by atoms with van der Waals surface area (Å²) in [5, 5.41) is 18.4. The number of hydrogen-bond acceptors (Lipinski definition) is 4. The first-order chi connectivity index (χ1) is 7.71. The maximum atomic E-state index is 9.40. The summed E-state index contributed by atoms with van der Waals surface area (Å²) in [6, 6.07) is 4.92. The molecule has 0 aromatic heterocycles. The van der Waals surface area contributed by atoms with E-state index in [1.807, 2.05) is 6.92 Å². The van der Waals surface area contributed by atoms with Crippen LogP contribution in [0, 0.1) is 0 Å². The number of hydrogen-bond donors (Lipinski definition) is 2. The minimum absolute atomic E-state index is 0.0439. The van der Waals surface area contributed by atoms with E-state index in [0.29, 0.717) is 5.75 Å². The van der Waals surface area contributed by atoms with Gasteiger partial charge >= 0.3 is 0 Å². The van der Waals surface area contributed by atoms with Crippen LogP contribution in [-0.4, -0.2) is 36.2 Å². The Balaban J connectivity index is 2.81. The van der Waals surface area contributed by atoms with Crippen molar-refractivity contribution in [3.8, 4) is 11.5 Å². The van der Waals surface area contributed by atoms with Gasteiger partial charge in [0.05, 0.1) is 19.8 Å². The van der Waals surface area contributed by atoms with E-state index in [9.17, 15) is 5.11 Å². The largest absolute Gasteiger partial charge is 0.504 e. The third-order valence-electron chi connectivity index (χ3n) is 2.32. The van der Waals surface area contributed by atoms with Crippen LogP contribution in [0.1, 0.15) is 18.9 Å². The molecule has 1 rings (SSSR count). The molecule has 0 spiro atoms. The Labute approximate surface area is 95.2 Å². The standard InChI is InChI=1S/C12H17NO3/c1-3-10(8-14)13-7-9-4-5-11(15)12(6-9)16-2/h4-7,10,14-15H,3,8H2,1-2H3/t10-/m0/s1. The SMILES string of the molecule is CC[C@@H](CO)N=Cc1ccc(O)c(OC)c1. The van der Waals surface area contributed by atoms with Gasteiger partial charge in [-0.2, -0.15) is 0 Å². The number of aliphatic hydroxyl groups is 1. The molecule has 1 atom stereocenters. The summed E-state index contributed by atoms with van der Waals surface area (Å²) < 4.78 is 4.98. The molecule has 0 aliphatic heterocycles. The van der Waals surface area contributed by atoms with E-state index < -0.39 is 0 Å². The van der Waals surface area contributed by atoms with Crippen LogP contribution in [0.25, 0.3) is 0 Å². The fraction of sp³-hybridized carbons (Fsp3) is 0.417. The first-order valence-corrected chi connectivity index (χ1v) is 5.22. The van der Waals surface area contributed by atoms with Crippen LogP contribution in [0.2, 0.25) is 0 Å². The highest BCUT2D eigenvalue weighted by Gasteiger charge is 2.02. The normalized spacial score (nSPS) is 12.9. The number of phenols is 1. The molecule has 16 heavy (non-hydrogen) atoms. The van der Waals surface area contributed by atoms with E-state index in [2.05, 4.69) is 4.99 Å². The molecule has 0 radical (unpaired) electrons. The summed E-state index contributed by atoms with van der Waals surface area (Å²) >= 11 is 0. The number of methoxy groups -OCH3 is 1. The van der Waals surface area contributed by atoms with Gasteiger partial charge in [-0.15, -0.1) is 0 Å². The topological polar surface area (TPSA) is 62.1 Å². The number of aliphatic imine (C=N–C) groups is 1. The Morgan fingerprint density at radius 3 is 2.81 bits per heavy atom. The molecule has 1 aromatic carbocycles. The van der Waals surface area contributed by atoms with Gasteiger partial charge in [0.25, 0.3) is 0 Å². The number of aliphatic hydroxyl groups excluding tert-OH is 1. The molecule has 0 unspecified atom stereocenters. The lowest BCUT2D eigenvalue weighted by Crippen LogP contribution is -2.08. The molecule has 0 heterocycles. The lowest BCUT2D eigenvalue weighted by Gasteiger charge is -2.06. The maximum absolute atomic E-state index is 9.40. The molecule has 0 amide bonds. The van der Waals surface area contributed by atoms with Crippen molar-refractivity contribution in [2.75, 3.05) is 13.7 Å². The van der Waals surface area contributed by atoms with Gasteiger partial charge in [0, 0.05) is 6.21 Å². The number of benzene rings is 1. The maximum Gasteiger partial charge on any atom is 0.161 e. The highest BCUT2D eigenvalue weighted by atomic mass is 16.5. The number of rotatable bonds is 5. The van der Waals surface area contributed by atoms with Crippen LogP contribution < -0.4 is 4.74 Å². The summed E-state index contributed by atoms with van der Waals surface area (Å²) in [5.74, 6) is 0.523. The third-order valence-corrected chi connectivity index (χ3v) is 2.32. The molecule has 4 nitrogen and oxygen atoms in total. The van der Waals surface area contributed by atoms with E-state index >= 15 is 0 Å². The van der Waals surface area contributed by atoms with E-state index in [0.717, 1.165) is 12.0 Å². The predicted octanol–water partition coefficient (Wildman–Crippen LogP) is 1.59. The highest BCUT2D eigenvalue weighted by molar-refractivity contribution is 5.81. The van der Waals surface area contributed by atoms with Crippen LogP contribution in [0.4, 0.5) is 0 Å². The predicted molar refractivity (Wildman–Crippen MR) is 63.4 cm³/mol. The Morgan fingerprint density at radius 2 is 2.25 bits per heavy atom. The van der Waals surface area contributed by atoms with E-state index in [1.54, 1.807) is 24.4 Å². The van der Waals surface area contributed by atoms with Crippen molar-refractivity contribution in [1.82, 2.24) is 0 Å².